The molecule has 0 spiro atoms. The van der Waals surface area contributed by atoms with Crippen LogP contribution in [0.5, 0.6) is 0 Å². The van der Waals surface area contributed by atoms with Gasteiger partial charge in [-0.25, -0.2) is 0 Å². The Morgan fingerprint density at radius 3 is 2.38 bits per heavy atom. The minimum Gasteiger partial charge on any atom is -0.393 e. The van der Waals surface area contributed by atoms with E-state index in [1.807, 2.05) is 0 Å². The van der Waals surface area contributed by atoms with Gasteiger partial charge >= 0.3 is 0 Å². The normalized spacial score (nSPS) is 11.1. The van der Waals surface area contributed by atoms with Crippen LogP contribution in [0.25, 0.3) is 0 Å². The average molecular weight is 116 g/mol. The Kier molecular flexibility index (Phi) is 4.07. The Hall–Kier alpha value is -0.700. The van der Waals surface area contributed by atoms with Crippen molar-refractivity contribution in [1.82, 2.24) is 10.6 Å². The van der Waals surface area contributed by atoms with E-state index in [-0.39, 0.29) is 6.61 Å². The minimum atomic E-state index is 0.0529. The van der Waals surface area contributed by atoms with Gasteiger partial charge in [-0.05, 0) is 0 Å². The molecule has 0 fully saturated rings. The van der Waals surface area contributed by atoms with Crippen molar-refractivity contribution in [3.8, 4) is 0 Å². The molecule has 3 heteroatoms. The topological polar surface area (TPSA) is 44.3 Å². The van der Waals surface area contributed by atoms with Gasteiger partial charge in [0.1, 0.15) is 0 Å². The molecule has 0 aliphatic carbocycles. The highest BCUT2D eigenvalue weighted by atomic mass is 16.3. The van der Waals surface area contributed by atoms with E-state index in [4.69, 9.17) is 5.11 Å². The fourth-order valence-corrected chi connectivity index (χ4v) is 0.371. The van der Waals surface area contributed by atoms with Gasteiger partial charge in [0, 0.05) is 20.3 Å². The fourth-order valence-electron chi connectivity index (χ4n) is 0.371. The maximum atomic E-state index is 8.49. The predicted octanol–water partition coefficient (Wildman–Crippen LogP) is -0.741. The molecule has 0 aliphatic rings. The first-order chi connectivity index (χ1) is 3.85. The molecule has 0 saturated carbocycles. The number of aliphatic hydroxyl groups excluding tert-OH is 1. The van der Waals surface area contributed by atoms with Crippen LogP contribution in [0.4, 0.5) is 0 Å². The quantitative estimate of drug-likeness (QED) is 0.455. The summed E-state index contributed by atoms with van der Waals surface area (Å²) in [5.74, 6) is 0. The van der Waals surface area contributed by atoms with Crippen LogP contribution >= 0.6 is 0 Å². The largest absolute Gasteiger partial charge is 0.393 e. The van der Waals surface area contributed by atoms with E-state index in [0.29, 0.717) is 0 Å². The fraction of sp³-hybridized carbons (Fsp3) is 0.600. The summed E-state index contributed by atoms with van der Waals surface area (Å²) in [4.78, 5) is 0. The lowest BCUT2D eigenvalue weighted by Crippen LogP contribution is -2.12. The number of rotatable bonds is 3. The predicted molar refractivity (Wildman–Crippen MR) is 33.3 cm³/mol. The summed E-state index contributed by atoms with van der Waals surface area (Å²) in [6, 6.07) is 0. The number of hydrogen-bond acceptors (Lipinski definition) is 3. The molecule has 3 N–H and O–H groups in total. The summed E-state index contributed by atoms with van der Waals surface area (Å²) in [5, 5.41) is 14.1. The Balaban J connectivity index is 3.49. The van der Waals surface area contributed by atoms with Crippen molar-refractivity contribution in [3.05, 3.63) is 11.9 Å². The molecule has 0 radical (unpaired) electrons. The molecular weight excluding hydrogens is 104 g/mol. The monoisotopic (exact) mass is 116 g/mol. The number of hydrogen-bond donors (Lipinski definition) is 3. The third-order valence-corrected chi connectivity index (χ3v) is 0.810. The molecule has 8 heavy (non-hydrogen) atoms. The zero-order valence-corrected chi connectivity index (χ0v) is 5.23. The number of likely N-dealkylation sites (N-methyl/N-ethyl adjacent to an activating group) is 1. The molecule has 0 aromatic carbocycles. The van der Waals surface area contributed by atoms with Crippen molar-refractivity contribution < 1.29 is 5.11 Å². The van der Waals surface area contributed by atoms with Crippen LogP contribution in [0.15, 0.2) is 11.9 Å². The van der Waals surface area contributed by atoms with Crippen LogP contribution in [-0.4, -0.2) is 25.8 Å². The van der Waals surface area contributed by atoms with Gasteiger partial charge in [0.25, 0.3) is 0 Å². The van der Waals surface area contributed by atoms with E-state index in [2.05, 4.69) is 10.6 Å². The Labute approximate surface area is 49.4 Å². The molecule has 0 aliphatic heterocycles. The maximum absolute atomic E-state index is 8.49. The summed E-state index contributed by atoms with van der Waals surface area (Å²) in [6.07, 6.45) is 1.71. The van der Waals surface area contributed by atoms with E-state index in [1.165, 1.54) is 0 Å². The van der Waals surface area contributed by atoms with Gasteiger partial charge in [-0.15, -0.1) is 0 Å². The maximum Gasteiger partial charge on any atom is 0.0842 e. The Morgan fingerprint density at radius 2 is 2.25 bits per heavy atom. The van der Waals surface area contributed by atoms with Crippen molar-refractivity contribution in [3.63, 3.8) is 0 Å². The first-order valence-corrected chi connectivity index (χ1v) is 2.50. The lowest BCUT2D eigenvalue weighted by molar-refractivity contribution is 0.323. The second kappa shape index (κ2) is 4.46. The molecule has 0 unspecified atom stereocenters. The van der Waals surface area contributed by atoms with Gasteiger partial charge in [0.15, 0.2) is 0 Å². The molecule has 0 rings (SSSR count). The van der Waals surface area contributed by atoms with Gasteiger partial charge in [0.2, 0.25) is 0 Å². The van der Waals surface area contributed by atoms with Crippen molar-refractivity contribution >= 4 is 0 Å². The smallest absolute Gasteiger partial charge is 0.0842 e. The van der Waals surface area contributed by atoms with E-state index in [1.54, 1.807) is 20.3 Å². The van der Waals surface area contributed by atoms with Crippen LogP contribution < -0.4 is 10.6 Å². The molecule has 48 valence electrons. The highest BCUT2D eigenvalue weighted by molar-refractivity contribution is 4.95. The van der Waals surface area contributed by atoms with Crippen LogP contribution in [0.1, 0.15) is 0 Å². The minimum absolute atomic E-state index is 0.0529. The number of nitrogens with one attached hydrogen (secondary N) is 2. The Bertz CT molecular complexity index is 74.5. The zero-order valence-electron chi connectivity index (χ0n) is 5.23. The summed E-state index contributed by atoms with van der Waals surface area (Å²) in [7, 11) is 3.55. The Morgan fingerprint density at radius 1 is 1.62 bits per heavy atom. The lowest BCUT2D eigenvalue weighted by atomic mass is 10.5. The van der Waals surface area contributed by atoms with E-state index >= 15 is 0 Å². The molecule has 0 saturated heterocycles. The summed E-state index contributed by atoms with van der Waals surface area (Å²) >= 11 is 0. The standard InChI is InChI=1S/C5H12N2O/c1-6-3-5(4-8)7-2/h3,6-8H,4H2,1-2H3/b5-3-. The van der Waals surface area contributed by atoms with E-state index < -0.39 is 0 Å². The van der Waals surface area contributed by atoms with Gasteiger partial charge in [-0.2, -0.15) is 0 Å². The molecule has 0 atom stereocenters. The van der Waals surface area contributed by atoms with E-state index in [9.17, 15) is 0 Å². The zero-order chi connectivity index (χ0) is 6.41. The van der Waals surface area contributed by atoms with Crippen molar-refractivity contribution in [2.45, 2.75) is 0 Å². The van der Waals surface area contributed by atoms with Crippen molar-refractivity contribution in [2.75, 3.05) is 20.7 Å². The van der Waals surface area contributed by atoms with Gasteiger partial charge in [0.05, 0.1) is 12.3 Å². The van der Waals surface area contributed by atoms with Crippen LogP contribution in [0, 0.1) is 0 Å². The second-order valence-corrected chi connectivity index (χ2v) is 1.37. The summed E-state index contributed by atoms with van der Waals surface area (Å²) in [5.41, 5.74) is 0.785. The summed E-state index contributed by atoms with van der Waals surface area (Å²) < 4.78 is 0. The average Bonchev–Trinajstić information content (AvgIpc) is 1.83. The van der Waals surface area contributed by atoms with Gasteiger partial charge in [-0.3, -0.25) is 0 Å². The summed E-state index contributed by atoms with van der Waals surface area (Å²) in [6.45, 7) is 0.0529. The first-order valence-electron chi connectivity index (χ1n) is 2.50. The van der Waals surface area contributed by atoms with Crippen molar-refractivity contribution in [1.29, 1.82) is 0 Å². The molecule has 0 heterocycles. The highest BCUT2D eigenvalue weighted by Crippen LogP contribution is 1.78. The second-order valence-electron chi connectivity index (χ2n) is 1.37. The molecular formula is C5H12N2O. The molecule has 0 aromatic heterocycles. The third kappa shape index (κ3) is 2.47. The van der Waals surface area contributed by atoms with Crippen LogP contribution in [0.2, 0.25) is 0 Å². The van der Waals surface area contributed by atoms with Crippen LogP contribution in [-0.2, 0) is 0 Å². The SMILES string of the molecule is CN/C=C(/CO)NC. The molecule has 0 aromatic rings. The van der Waals surface area contributed by atoms with E-state index in [0.717, 1.165) is 5.70 Å². The highest BCUT2D eigenvalue weighted by Gasteiger charge is 1.84. The first kappa shape index (κ1) is 7.30. The molecule has 0 bridgehead atoms. The number of aliphatic hydroxyl groups is 1. The van der Waals surface area contributed by atoms with Crippen molar-refractivity contribution in [2.24, 2.45) is 0 Å². The third-order valence-electron chi connectivity index (χ3n) is 0.810. The van der Waals surface area contributed by atoms with Crippen LogP contribution in [0.3, 0.4) is 0 Å². The molecule has 3 nitrogen and oxygen atoms in total. The van der Waals surface area contributed by atoms with Gasteiger partial charge in [-0.1, -0.05) is 0 Å². The lowest BCUT2D eigenvalue weighted by Gasteiger charge is -1.99. The molecule has 0 amide bonds. The van der Waals surface area contributed by atoms with Gasteiger partial charge < -0.3 is 15.7 Å².